The zero-order valence-corrected chi connectivity index (χ0v) is 18.3. The van der Waals surface area contributed by atoms with Crippen LogP contribution in [0.15, 0.2) is 42.5 Å². The maximum Gasteiger partial charge on any atom is 0.500 e. The standard InChI is InChI=1S/C22H30O6Si/c1-4-26-29(27-5-2,28-6-3)15-7-8-18-16-19(11-14-21(18)24)22(25)17-9-12-20(23)13-10-17/h9-14,16,23-24H,4-8,15H2,1-3H3. The van der Waals surface area contributed by atoms with E-state index in [1.807, 2.05) is 20.8 Å². The Labute approximate surface area is 173 Å². The van der Waals surface area contributed by atoms with Crippen LogP contribution in [0.25, 0.3) is 0 Å². The molecule has 158 valence electrons. The van der Waals surface area contributed by atoms with Crippen molar-refractivity contribution in [2.75, 3.05) is 19.8 Å². The quantitative estimate of drug-likeness (QED) is 0.395. The van der Waals surface area contributed by atoms with Gasteiger partial charge in [0.25, 0.3) is 0 Å². The highest BCUT2D eigenvalue weighted by atomic mass is 28.4. The van der Waals surface area contributed by atoms with Gasteiger partial charge >= 0.3 is 8.80 Å². The molecule has 2 rings (SSSR count). The monoisotopic (exact) mass is 418 g/mol. The SMILES string of the molecule is CCO[Si](CCCc1cc(C(=O)c2ccc(O)cc2)ccc1O)(OCC)OCC. The molecule has 2 aromatic carbocycles. The molecule has 0 fully saturated rings. The Morgan fingerprint density at radius 1 is 0.862 bits per heavy atom. The van der Waals surface area contributed by atoms with Crippen molar-refractivity contribution in [2.24, 2.45) is 0 Å². The van der Waals surface area contributed by atoms with E-state index in [2.05, 4.69) is 0 Å². The van der Waals surface area contributed by atoms with E-state index in [1.54, 1.807) is 30.3 Å². The summed E-state index contributed by atoms with van der Waals surface area (Å²) < 4.78 is 17.6. The van der Waals surface area contributed by atoms with Crippen LogP contribution in [0.5, 0.6) is 11.5 Å². The molecule has 6 nitrogen and oxygen atoms in total. The molecule has 0 aromatic heterocycles. The van der Waals surface area contributed by atoms with Gasteiger partial charge in [0.15, 0.2) is 5.78 Å². The van der Waals surface area contributed by atoms with Gasteiger partial charge < -0.3 is 23.5 Å². The van der Waals surface area contributed by atoms with Gasteiger partial charge in [-0.2, -0.15) is 0 Å². The minimum absolute atomic E-state index is 0.110. The molecule has 0 aliphatic heterocycles. The summed E-state index contributed by atoms with van der Waals surface area (Å²) in [6.45, 7) is 7.33. The van der Waals surface area contributed by atoms with Gasteiger partial charge in [-0.15, -0.1) is 0 Å². The van der Waals surface area contributed by atoms with E-state index in [0.717, 1.165) is 0 Å². The van der Waals surface area contributed by atoms with Gasteiger partial charge in [0.1, 0.15) is 11.5 Å². The van der Waals surface area contributed by atoms with E-state index in [9.17, 15) is 15.0 Å². The highest BCUT2D eigenvalue weighted by molar-refractivity contribution is 6.60. The van der Waals surface area contributed by atoms with Gasteiger partial charge in [0.2, 0.25) is 0 Å². The molecule has 0 saturated heterocycles. The van der Waals surface area contributed by atoms with Crippen LogP contribution >= 0.6 is 0 Å². The van der Waals surface area contributed by atoms with E-state index < -0.39 is 8.80 Å². The minimum atomic E-state index is -2.73. The molecule has 0 atom stereocenters. The van der Waals surface area contributed by atoms with E-state index in [4.69, 9.17) is 13.3 Å². The van der Waals surface area contributed by atoms with Crippen LogP contribution in [0.2, 0.25) is 6.04 Å². The Balaban J connectivity index is 2.11. The molecule has 0 spiro atoms. The summed E-state index contributed by atoms with van der Waals surface area (Å²) in [5, 5.41) is 19.6. The van der Waals surface area contributed by atoms with Gasteiger partial charge in [-0.05, 0) is 81.6 Å². The first-order chi connectivity index (χ1) is 13.9. The molecule has 7 heteroatoms. The van der Waals surface area contributed by atoms with Crippen LogP contribution in [0.3, 0.4) is 0 Å². The van der Waals surface area contributed by atoms with Crippen LogP contribution in [0, 0.1) is 0 Å². The molecule has 0 saturated carbocycles. The molecule has 0 heterocycles. The minimum Gasteiger partial charge on any atom is -0.508 e. The van der Waals surface area contributed by atoms with Crippen LogP contribution in [0.4, 0.5) is 0 Å². The van der Waals surface area contributed by atoms with Crippen molar-refractivity contribution >= 4 is 14.6 Å². The van der Waals surface area contributed by atoms with Gasteiger partial charge in [-0.3, -0.25) is 4.79 Å². The predicted molar refractivity (Wildman–Crippen MR) is 113 cm³/mol. The average Bonchev–Trinajstić information content (AvgIpc) is 2.70. The van der Waals surface area contributed by atoms with Crippen LogP contribution in [-0.2, 0) is 19.7 Å². The number of phenols is 2. The predicted octanol–water partition coefficient (Wildman–Crippen LogP) is 4.31. The zero-order chi connectivity index (χ0) is 21.3. The number of ketones is 1. The molecule has 0 amide bonds. The van der Waals surface area contributed by atoms with E-state index >= 15 is 0 Å². The lowest BCUT2D eigenvalue weighted by Gasteiger charge is -2.28. The summed E-state index contributed by atoms with van der Waals surface area (Å²) >= 11 is 0. The normalized spacial score (nSPS) is 11.6. The van der Waals surface area contributed by atoms with Crippen molar-refractivity contribution in [2.45, 2.75) is 39.7 Å². The second-order valence-electron chi connectivity index (χ2n) is 6.56. The van der Waals surface area contributed by atoms with E-state index in [-0.39, 0.29) is 17.3 Å². The molecular weight excluding hydrogens is 388 g/mol. The Morgan fingerprint density at radius 3 is 1.97 bits per heavy atom. The fraction of sp³-hybridized carbons (Fsp3) is 0.409. The highest BCUT2D eigenvalue weighted by Gasteiger charge is 2.39. The number of aromatic hydroxyl groups is 2. The number of hydrogen-bond donors (Lipinski definition) is 2. The molecule has 2 N–H and O–H groups in total. The number of phenolic OH excluding ortho intramolecular Hbond substituents is 2. The Hall–Kier alpha value is -2.19. The van der Waals surface area contributed by atoms with Crippen molar-refractivity contribution in [3.63, 3.8) is 0 Å². The lowest BCUT2D eigenvalue weighted by Crippen LogP contribution is -2.46. The first-order valence-corrected chi connectivity index (χ1v) is 11.9. The lowest BCUT2D eigenvalue weighted by molar-refractivity contribution is 0.0708. The van der Waals surface area contributed by atoms with Crippen molar-refractivity contribution in [1.82, 2.24) is 0 Å². The summed E-state index contributed by atoms with van der Waals surface area (Å²) in [5.74, 6) is 0.107. The van der Waals surface area contributed by atoms with Gasteiger partial charge in [0, 0.05) is 37.0 Å². The molecule has 0 bridgehead atoms. The molecule has 0 radical (unpaired) electrons. The summed E-state index contributed by atoms with van der Waals surface area (Å²) in [5.41, 5.74) is 1.67. The van der Waals surface area contributed by atoms with Crippen molar-refractivity contribution < 1.29 is 28.3 Å². The van der Waals surface area contributed by atoms with E-state index in [1.165, 1.54) is 12.1 Å². The fourth-order valence-corrected chi connectivity index (χ4v) is 5.82. The van der Waals surface area contributed by atoms with Crippen molar-refractivity contribution in [3.05, 3.63) is 59.2 Å². The second kappa shape index (κ2) is 11.1. The fourth-order valence-electron chi connectivity index (χ4n) is 3.20. The summed E-state index contributed by atoms with van der Waals surface area (Å²) in [6.07, 6.45) is 1.28. The lowest BCUT2D eigenvalue weighted by atomic mass is 9.99. The number of benzene rings is 2. The van der Waals surface area contributed by atoms with Gasteiger partial charge in [-0.1, -0.05) is 0 Å². The average molecular weight is 419 g/mol. The first-order valence-electron chi connectivity index (χ1n) is 10.0. The first kappa shape index (κ1) is 23.1. The highest BCUT2D eigenvalue weighted by Crippen LogP contribution is 2.25. The maximum absolute atomic E-state index is 12.7. The maximum atomic E-state index is 12.7. The molecule has 29 heavy (non-hydrogen) atoms. The van der Waals surface area contributed by atoms with Crippen molar-refractivity contribution in [3.8, 4) is 11.5 Å². The molecule has 0 unspecified atom stereocenters. The largest absolute Gasteiger partial charge is 0.508 e. The molecular formula is C22H30O6Si. The Bertz CT molecular complexity index is 773. The van der Waals surface area contributed by atoms with Gasteiger partial charge in [0.05, 0.1) is 0 Å². The van der Waals surface area contributed by atoms with Crippen molar-refractivity contribution in [1.29, 1.82) is 0 Å². The third-order valence-electron chi connectivity index (χ3n) is 4.49. The van der Waals surface area contributed by atoms with Crippen LogP contribution < -0.4 is 0 Å². The number of aryl methyl sites for hydroxylation is 1. The summed E-state index contributed by atoms with van der Waals surface area (Å²) in [6, 6.07) is 11.6. The van der Waals surface area contributed by atoms with Crippen LogP contribution in [0.1, 0.15) is 48.7 Å². The number of carbonyl (C=O) groups is 1. The van der Waals surface area contributed by atoms with Crippen LogP contribution in [-0.4, -0.2) is 44.6 Å². The van der Waals surface area contributed by atoms with Gasteiger partial charge in [-0.25, -0.2) is 0 Å². The number of hydrogen-bond acceptors (Lipinski definition) is 6. The summed E-state index contributed by atoms with van der Waals surface area (Å²) in [4.78, 5) is 12.7. The molecule has 0 aliphatic rings. The molecule has 2 aromatic rings. The molecule has 0 aliphatic carbocycles. The third-order valence-corrected chi connectivity index (χ3v) is 7.64. The van der Waals surface area contributed by atoms with E-state index in [0.29, 0.717) is 55.4 Å². The third kappa shape index (κ3) is 6.40. The number of carbonyl (C=O) groups excluding carboxylic acids is 1. The topological polar surface area (TPSA) is 85.2 Å². The zero-order valence-electron chi connectivity index (χ0n) is 17.3. The smallest absolute Gasteiger partial charge is 0.500 e. The Kier molecular flexibility index (Phi) is 8.85. The second-order valence-corrected chi connectivity index (χ2v) is 9.29. The Morgan fingerprint density at radius 2 is 1.41 bits per heavy atom. The number of rotatable bonds is 12. The summed E-state index contributed by atoms with van der Waals surface area (Å²) in [7, 11) is -2.73.